The minimum absolute atomic E-state index is 0.109. The molecule has 0 amide bonds. The highest BCUT2D eigenvalue weighted by molar-refractivity contribution is 6.38. The second-order valence-electron chi connectivity index (χ2n) is 5.19. The van der Waals surface area contributed by atoms with Gasteiger partial charge in [0.1, 0.15) is 23.0 Å². The molecular formula is C18H18O6. The predicted molar refractivity (Wildman–Crippen MR) is 86.7 cm³/mol. The molecule has 0 aliphatic carbocycles. The van der Waals surface area contributed by atoms with Gasteiger partial charge in [-0.2, -0.15) is 0 Å². The van der Waals surface area contributed by atoms with Crippen LogP contribution in [-0.2, 0) is 22.4 Å². The molecule has 0 heterocycles. The van der Waals surface area contributed by atoms with E-state index in [9.17, 15) is 19.8 Å². The fourth-order valence-electron chi connectivity index (χ4n) is 2.18. The molecule has 6 heteroatoms. The van der Waals surface area contributed by atoms with Crippen molar-refractivity contribution in [2.24, 2.45) is 0 Å². The van der Waals surface area contributed by atoms with E-state index in [4.69, 9.17) is 9.47 Å². The van der Waals surface area contributed by atoms with E-state index in [-0.39, 0.29) is 24.3 Å². The van der Waals surface area contributed by atoms with Crippen LogP contribution < -0.4 is 9.47 Å². The molecule has 0 aromatic heterocycles. The maximum Gasteiger partial charge on any atom is 0.203 e. The third-order valence-corrected chi connectivity index (χ3v) is 3.60. The Morgan fingerprint density at radius 2 is 1.17 bits per heavy atom. The zero-order chi connectivity index (χ0) is 17.7. The monoisotopic (exact) mass is 330 g/mol. The number of rotatable bonds is 7. The summed E-state index contributed by atoms with van der Waals surface area (Å²) in [5.74, 6) is -0.599. The maximum absolute atomic E-state index is 12.1. The summed E-state index contributed by atoms with van der Waals surface area (Å²) >= 11 is 0. The van der Waals surface area contributed by atoms with Crippen molar-refractivity contribution >= 4 is 11.6 Å². The van der Waals surface area contributed by atoms with E-state index in [0.717, 1.165) is 0 Å². The lowest BCUT2D eigenvalue weighted by molar-refractivity contribution is -0.135. The van der Waals surface area contributed by atoms with Gasteiger partial charge in [-0.05, 0) is 12.1 Å². The van der Waals surface area contributed by atoms with E-state index >= 15 is 0 Å². The zero-order valence-electron chi connectivity index (χ0n) is 13.4. The van der Waals surface area contributed by atoms with Crippen molar-refractivity contribution in [3.8, 4) is 23.0 Å². The Balaban J connectivity index is 2.06. The van der Waals surface area contributed by atoms with Crippen LogP contribution in [0.4, 0.5) is 0 Å². The number of Topliss-reactive ketones (excluding diaryl/α,β-unsaturated/α-hetero) is 2. The highest BCUT2D eigenvalue weighted by Gasteiger charge is 2.18. The maximum atomic E-state index is 12.1. The van der Waals surface area contributed by atoms with Gasteiger partial charge in [0.2, 0.25) is 11.6 Å². The molecule has 2 rings (SSSR count). The number of hydrogen-bond donors (Lipinski definition) is 2. The Morgan fingerprint density at radius 1 is 0.792 bits per heavy atom. The Morgan fingerprint density at radius 3 is 1.46 bits per heavy atom. The standard InChI is InChI=1S/C18H18O6/c1-23-13-5-3-11(15(19)9-13)7-17(21)18(22)8-12-4-6-14(24-2)10-16(12)20/h3-6,9-10,19-20H,7-8H2,1-2H3. The van der Waals surface area contributed by atoms with Crippen molar-refractivity contribution < 1.29 is 29.3 Å². The lowest BCUT2D eigenvalue weighted by Gasteiger charge is -2.08. The summed E-state index contributed by atoms with van der Waals surface area (Å²) < 4.78 is 9.93. The number of methoxy groups -OCH3 is 2. The molecule has 0 saturated carbocycles. The third-order valence-electron chi connectivity index (χ3n) is 3.60. The van der Waals surface area contributed by atoms with Crippen LogP contribution in [0.3, 0.4) is 0 Å². The fraction of sp³-hybridized carbons (Fsp3) is 0.222. The number of phenolic OH excluding ortho intramolecular Hbond substituents is 2. The van der Waals surface area contributed by atoms with Gasteiger partial charge in [-0.25, -0.2) is 0 Å². The van der Waals surface area contributed by atoms with Crippen molar-refractivity contribution in [2.75, 3.05) is 14.2 Å². The van der Waals surface area contributed by atoms with Crippen LogP contribution >= 0.6 is 0 Å². The number of ether oxygens (including phenoxy) is 2. The number of ketones is 2. The van der Waals surface area contributed by atoms with Crippen molar-refractivity contribution in [2.45, 2.75) is 12.8 Å². The van der Waals surface area contributed by atoms with Crippen LogP contribution in [0.5, 0.6) is 23.0 Å². The summed E-state index contributed by atoms with van der Waals surface area (Å²) in [6, 6.07) is 9.02. The first-order chi connectivity index (χ1) is 11.4. The molecule has 126 valence electrons. The highest BCUT2D eigenvalue weighted by atomic mass is 16.5. The molecule has 0 saturated heterocycles. The van der Waals surface area contributed by atoms with Crippen LogP contribution in [-0.4, -0.2) is 36.0 Å². The van der Waals surface area contributed by atoms with Crippen molar-refractivity contribution in [3.05, 3.63) is 47.5 Å². The average Bonchev–Trinajstić information content (AvgIpc) is 2.58. The molecule has 24 heavy (non-hydrogen) atoms. The smallest absolute Gasteiger partial charge is 0.203 e. The minimum atomic E-state index is -0.648. The van der Waals surface area contributed by atoms with E-state index in [2.05, 4.69) is 0 Å². The lowest BCUT2D eigenvalue weighted by atomic mass is 10.00. The third kappa shape index (κ3) is 4.04. The molecule has 0 bridgehead atoms. The molecule has 0 aliphatic rings. The molecule has 0 aliphatic heterocycles. The number of hydrogen-bond acceptors (Lipinski definition) is 6. The number of benzene rings is 2. The van der Waals surface area contributed by atoms with E-state index in [0.29, 0.717) is 22.6 Å². The molecule has 0 radical (unpaired) electrons. The zero-order valence-corrected chi connectivity index (χ0v) is 13.4. The molecule has 0 spiro atoms. The number of carbonyl (C=O) groups is 2. The second-order valence-corrected chi connectivity index (χ2v) is 5.19. The van der Waals surface area contributed by atoms with Gasteiger partial charge >= 0.3 is 0 Å². The molecule has 0 atom stereocenters. The highest BCUT2D eigenvalue weighted by Crippen LogP contribution is 2.25. The number of aromatic hydroxyl groups is 2. The van der Waals surface area contributed by atoms with Gasteiger partial charge in [0.05, 0.1) is 14.2 Å². The van der Waals surface area contributed by atoms with Gasteiger partial charge in [0.25, 0.3) is 0 Å². The van der Waals surface area contributed by atoms with E-state index in [1.165, 1.54) is 38.5 Å². The number of phenols is 2. The Hall–Kier alpha value is -3.02. The molecule has 0 fully saturated rings. The van der Waals surface area contributed by atoms with Crippen LogP contribution in [0.15, 0.2) is 36.4 Å². The normalized spacial score (nSPS) is 10.2. The van der Waals surface area contributed by atoms with E-state index in [1.54, 1.807) is 12.1 Å². The Bertz CT molecular complexity index is 701. The van der Waals surface area contributed by atoms with Crippen molar-refractivity contribution in [1.29, 1.82) is 0 Å². The molecular weight excluding hydrogens is 312 g/mol. The largest absolute Gasteiger partial charge is 0.508 e. The topological polar surface area (TPSA) is 93.1 Å². The van der Waals surface area contributed by atoms with E-state index < -0.39 is 11.6 Å². The molecule has 6 nitrogen and oxygen atoms in total. The molecule has 2 aromatic carbocycles. The predicted octanol–water partition coefficient (Wildman–Crippen LogP) is 2.04. The molecule has 2 N–H and O–H groups in total. The van der Waals surface area contributed by atoms with Crippen LogP contribution in [0, 0.1) is 0 Å². The van der Waals surface area contributed by atoms with Gasteiger partial charge < -0.3 is 19.7 Å². The Labute approximate surface area is 139 Å². The summed E-state index contributed by atoms with van der Waals surface area (Å²) in [4.78, 5) is 24.1. The van der Waals surface area contributed by atoms with Gasteiger partial charge in [0, 0.05) is 36.1 Å². The van der Waals surface area contributed by atoms with Crippen molar-refractivity contribution in [3.63, 3.8) is 0 Å². The first-order valence-electron chi connectivity index (χ1n) is 7.22. The average molecular weight is 330 g/mol. The number of carbonyl (C=O) groups excluding carboxylic acids is 2. The molecule has 2 aromatic rings. The summed E-state index contributed by atoms with van der Waals surface area (Å²) in [6.45, 7) is 0. The minimum Gasteiger partial charge on any atom is -0.508 e. The fourth-order valence-corrected chi connectivity index (χ4v) is 2.18. The van der Waals surface area contributed by atoms with Crippen LogP contribution in [0.1, 0.15) is 11.1 Å². The van der Waals surface area contributed by atoms with Crippen molar-refractivity contribution in [1.82, 2.24) is 0 Å². The Kier molecular flexibility index (Phi) is 5.42. The summed E-state index contributed by atoms with van der Waals surface area (Å²) in [7, 11) is 2.93. The summed E-state index contributed by atoms with van der Waals surface area (Å²) in [6.07, 6.45) is -0.433. The quantitative estimate of drug-likeness (QED) is 0.755. The first kappa shape index (κ1) is 17.3. The van der Waals surface area contributed by atoms with Gasteiger partial charge in [-0.1, -0.05) is 12.1 Å². The van der Waals surface area contributed by atoms with Gasteiger partial charge in [-0.3, -0.25) is 9.59 Å². The second kappa shape index (κ2) is 7.50. The SMILES string of the molecule is COc1ccc(CC(=O)C(=O)Cc2ccc(OC)cc2O)c(O)c1. The lowest BCUT2D eigenvalue weighted by Crippen LogP contribution is -2.18. The van der Waals surface area contributed by atoms with Gasteiger partial charge in [-0.15, -0.1) is 0 Å². The molecule has 0 unspecified atom stereocenters. The van der Waals surface area contributed by atoms with Crippen LogP contribution in [0.25, 0.3) is 0 Å². The van der Waals surface area contributed by atoms with Gasteiger partial charge in [0.15, 0.2) is 0 Å². The summed E-state index contributed by atoms with van der Waals surface area (Å²) in [5, 5.41) is 19.7. The first-order valence-corrected chi connectivity index (χ1v) is 7.22. The van der Waals surface area contributed by atoms with E-state index in [1.807, 2.05) is 0 Å². The van der Waals surface area contributed by atoms with Crippen LogP contribution in [0.2, 0.25) is 0 Å². The summed E-state index contributed by atoms with van der Waals surface area (Å²) in [5.41, 5.74) is 0.682.